The van der Waals surface area contributed by atoms with Crippen molar-refractivity contribution in [3.05, 3.63) is 69.5 Å². The number of aryl methyl sites for hydroxylation is 2. The molecule has 0 bridgehead atoms. The zero-order valence-corrected chi connectivity index (χ0v) is 13.8. The first-order valence-corrected chi connectivity index (χ1v) is 8.11. The van der Waals surface area contributed by atoms with Crippen molar-refractivity contribution in [3.63, 3.8) is 0 Å². The average Bonchev–Trinajstić information content (AvgIpc) is 2.63. The minimum atomic E-state index is -0.293. The second-order valence-electron chi connectivity index (χ2n) is 5.69. The van der Waals surface area contributed by atoms with Crippen molar-refractivity contribution in [2.45, 2.75) is 33.2 Å². The number of benzene rings is 2. The lowest BCUT2D eigenvalue weighted by Gasteiger charge is -2.10. The van der Waals surface area contributed by atoms with Crippen molar-refractivity contribution in [1.29, 1.82) is 0 Å². The van der Waals surface area contributed by atoms with Gasteiger partial charge in [0.15, 0.2) is 5.78 Å². The zero-order valence-electron chi connectivity index (χ0n) is 13.8. The van der Waals surface area contributed by atoms with Crippen LogP contribution in [0.25, 0.3) is 10.9 Å². The van der Waals surface area contributed by atoms with Crippen LogP contribution in [0.4, 0.5) is 0 Å². The molecule has 0 atom stereocenters. The Balaban J connectivity index is 1.98. The Hall–Kier alpha value is -2.82. The van der Waals surface area contributed by atoms with Crippen LogP contribution in [0.2, 0.25) is 0 Å². The minimum Gasteiger partial charge on any atom is -0.292 e. The molecule has 0 fully saturated rings. The van der Waals surface area contributed by atoms with Crippen molar-refractivity contribution in [1.82, 2.24) is 15.0 Å². The van der Waals surface area contributed by atoms with E-state index in [0.29, 0.717) is 16.5 Å². The quantitative estimate of drug-likeness (QED) is 0.678. The summed E-state index contributed by atoms with van der Waals surface area (Å²) in [6, 6.07) is 12.9. The molecule has 0 unspecified atom stereocenters. The second kappa shape index (κ2) is 6.74. The molecule has 0 spiro atoms. The maximum Gasteiger partial charge on any atom is 0.278 e. The van der Waals surface area contributed by atoms with Gasteiger partial charge in [-0.25, -0.2) is 4.68 Å². The molecular formula is C19H19N3O2. The molecule has 122 valence electrons. The van der Waals surface area contributed by atoms with Crippen LogP contribution in [0, 0.1) is 0 Å². The van der Waals surface area contributed by atoms with E-state index in [4.69, 9.17) is 0 Å². The fourth-order valence-electron chi connectivity index (χ4n) is 2.76. The number of rotatable bonds is 5. The number of aromatic nitrogens is 3. The standard InChI is InChI=1S/C19H19N3O2/c1-3-13-9-10-14(4-2)16(11-13)18(23)12-22-19(24)15-7-5-6-8-17(15)20-21-22/h5-11H,3-4,12H2,1-2H3. The topological polar surface area (TPSA) is 64.8 Å². The third kappa shape index (κ3) is 2.97. The van der Waals surface area contributed by atoms with Crippen LogP contribution in [0.15, 0.2) is 47.3 Å². The third-order valence-electron chi connectivity index (χ3n) is 4.19. The predicted octanol–water partition coefficient (Wildman–Crippen LogP) is 2.80. The fourth-order valence-corrected chi connectivity index (χ4v) is 2.76. The Morgan fingerprint density at radius 3 is 2.62 bits per heavy atom. The molecule has 0 aliphatic rings. The van der Waals surface area contributed by atoms with E-state index in [9.17, 15) is 9.59 Å². The highest BCUT2D eigenvalue weighted by Gasteiger charge is 2.14. The summed E-state index contributed by atoms with van der Waals surface area (Å²) < 4.78 is 1.14. The van der Waals surface area contributed by atoms with Crippen LogP contribution in [0.5, 0.6) is 0 Å². The highest BCUT2D eigenvalue weighted by atomic mass is 16.1. The van der Waals surface area contributed by atoms with Crippen LogP contribution in [0.3, 0.4) is 0 Å². The second-order valence-corrected chi connectivity index (χ2v) is 5.69. The summed E-state index contributed by atoms with van der Waals surface area (Å²) in [6.45, 7) is 3.96. The lowest BCUT2D eigenvalue weighted by molar-refractivity contribution is 0.0963. The van der Waals surface area contributed by atoms with E-state index in [0.717, 1.165) is 28.7 Å². The highest BCUT2D eigenvalue weighted by molar-refractivity contribution is 5.97. The van der Waals surface area contributed by atoms with Gasteiger partial charge in [-0.15, -0.1) is 5.10 Å². The molecule has 0 saturated carbocycles. The number of hydrogen-bond acceptors (Lipinski definition) is 4. The molecule has 2 aromatic carbocycles. The number of fused-ring (bicyclic) bond motifs is 1. The third-order valence-corrected chi connectivity index (χ3v) is 4.19. The molecular weight excluding hydrogens is 302 g/mol. The summed E-state index contributed by atoms with van der Waals surface area (Å²) in [5.74, 6) is -0.117. The molecule has 24 heavy (non-hydrogen) atoms. The fraction of sp³-hybridized carbons (Fsp3) is 0.263. The van der Waals surface area contributed by atoms with Gasteiger partial charge >= 0.3 is 0 Å². The van der Waals surface area contributed by atoms with Gasteiger partial charge in [-0.05, 0) is 42.2 Å². The summed E-state index contributed by atoms with van der Waals surface area (Å²) in [5, 5.41) is 8.40. The van der Waals surface area contributed by atoms with Gasteiger partial charge in [0, 0.05) is 5.56 Å². The predicted molar refractivity (Wildman–Crippen MR) is 93.3 cm³/mol. The molecule has 1 aromatic heterocycles. The largest absolute Gasteiger partial charge is 0.292 e. The van der Waals surface area contributed by atoms with Crippen molar-refractivity contribution in [3.8, 4) is 0 Å². The van der Waals surface area contributed by atoms with E-state index in [2.05, 4.69) is 17.2 Å². The lowest BCUT2D eigenvalue weighted by Crippen LogP contribution is -2.28. The molecule has 1 heterocycles. The highest BCUT2D eigenvalue weighted by Crippen LogP contribution is 2.15. The van der Waals surface area contributed by atoms with Gasteiger partial charge in [0.1, 0.15) is 12.1 Å². The number of Topliss-reactive ketones (excluding diaryl/α,β-unsaturated/α-hetero) is 1. The molecule has 0 saturated heterocycles. The SMILES string of the molecule is CCc1ccc(CC)c(C(=O)Cn2nnc3ccccc3c2=O)c1. The number of carbonyl (C=O) groups excluding carboxylic acids is 1. The monoisotopic (exact) mass is 321 g/mol. The van der Waals surface area contributed by atoms with E-state index in [1.165, 1.54) is 0 Å². The average molecular weight is 321 g/mol. The van der Waals surface area contributed by atoms with E-state index in [1.807, 2.05) is 25.1 Å². The van der Waals surface area contributed by atoms with Gasteiger partial charge in [-0.3, -0.25) is 9.59 Å². The first-order valence-electron chi connectivity index (χ1n) is 8.11. The molecule has 3 aromatic rings. The van der Waals surface area contributed by atoms with Crippen molar-refractivity contribution in [2.24, 2.45) is 0 Å². The van der Waals surface area contributed by atoms with Crippen LogP contribution in [0.1, 0.15) is 35.3 Å². The van der Waals surface area contributed by atoms with Crippen LogP contribution >= 0.6 is 0 Å². The number of hydrogen-bond donors (Lipinski definition) is 0. The Bertz CT molecular complexity index is 960. The van der Waals surface area contributed by atoms with Gasteiger partial charge in [0.25, 0.3) is 5.56 Å². The Morgan fingerprint density at radius 2 is 1.88 bits per heavy atom. The Labute approximate surface area is 139 Å². The lowest BCUT2D eigenvalue weighted by atomic mass is 9.98. The van der Waals surface area contributed by atoms with E-state index < -0.39 is 0 Å². The Kier molecular flexibility index (Phi) is 4.51. The molecule has 0 amide bonds. The van der Waals surface area contributed by atoms with Gasteiger partial charge in [-0.1, -0.05) is 43.3 Å². The van der Waals surface area contributed by atoms with Gasteiger partial charge in [0.05, 0.1) is 5.39 Å². The molecule has 0 aliphatic carbocycles. The van der Waals surface area contributed by atoms with E-state index >= 15 is 0 Å². The zero-order chi connectivity index (χ0) is 17.1. The van der Waals surface area contributed by atoms with Gasteiger partial charge < -0.3 is 0 Å². The van der Waals surface area contributed by atoms with Gasteiger partial charge in [-0.2, -0.15) is 0 Å². The summed E-state index contributed by atoms with van der Waals surface area (Å²) in [7, 11) is 0. The molecule has 5 nitrogen and oxygen atoms in total. The first-order chi connectivity index (χ1) is 11.6. The Morgan fingerprint density at radius 1 is 1.08 bits per heavy atom. The maximum absolute atomic E-state index is 12.7. The summed E-state index contributed by atoms with van der Waals surface area (Å²) in [6.07, 6.45) is 1.63. The smallest absolute Gasteiger partial charge is 0.278 e. The first kappa shape index (κ1) is 16.1. The summed E-state index contributed by atoms with van der Waals surface area (Å²) in [5.41, 5.74) is 3.00. The molecule has 0 aliphatic heterocycles. The van der Waals surface area contributed by atoms with Crippen LogP contribution < -0.4 is 5.56 Å². The minimum absolute atomic E-state index is 0.100. The number of ketones is 1. The normalized spacial score (nSPS) is 10.9. The number of nitrogens with zero attached hydrogens (tertiary/aromatic N) is 3. The summed E-state index contributed by atoms with van der Waals surface area (Å²) >= 11 is 0. The number of carbonyl (C=O) groups is 1. The van der Waals surface area contributed by atoms with Crippen LogP contribution in [-0.2, 0) is 19.4 Å². The van der Waals surface area contributed by atoms with Crippen molar-refractivity contribution in [2.75, 3.05) is 0 Å². The van der Waals surface area contributed by atoms with Crippen molar-refractivity contribution >= 4 is 16.7 Å². The van der Waals surface area contributed by atoms with Gasteiger partial charge in [0.2, 0.25) is 0 Å². The molecule has 5 heteroatoms. The van der Waals surface area contributed by atoms with Crippen LogP contribution in [-0.4, -0.2) is 20.8 Å². The van der Waals surface area contributed by atoms with E-state index in [1.54, 1.807) is 24.3 Å². The van der Waals surface area contributed by atoms with Crippen molar-refractivity contribution < 1.29 is 4.79 Å². The molecule has 3 rings (SSSR count). The maximum atomic E-state index is 12.7. The molecule has 0 radical (unpaired) electrons. The molecule has 0 N–H and O–H groups in total. The summed E-state index contributed by atoms with van der Waals surface area (Å²) in [4.78, 5) is 25.2. The van der Waals surface area contributed by atoms with E-state index in [-0.39, 0.29) is 17.9 Å².